The highest BCUT2D eigenvalue weighted by atomic mass is 16.2. The number of anilines is 1. The number of aromatic nitrogens is 2. The topological polar surface area (TPSA) is 72.1 Å². The number of amides is 1. The molecule has 19 heavy (non-hydrogen) atoms. The van der Waals surface area contributed by atoms with Crippen molar-refractivity contribution in [2.75, 3.05) is 12.3 Å². The summed E-state index contributed by atoms with van der Waals surface area (Å²) in [6.45, 7) is 3.14. The smallest absolute Gasteiger partial charge is 0.255 e. The van der Waals surface area contributed by atoms with Crippen LogP contribution in [0.15, 0.2) is 42.9 Å². The molecule has 0 unspecified atom stereocenters. The highest BCUT2D eigenvalue weighted by Crippen LogP contribution is 2.09. The summed E-state index contributed by atoms with van der Waals surface area (Å²) in [5.74, 6) is 0.362. The molecule has 2 aromatic rings. The summed E-state index contributed by atoms with van der Waals surface area (Å²) >= 11 is 0. The quantitative estimate of drug-likeness (QED) is 0.904. The monoisotopic (exact) mass is 256 g/mol. The van der Waals surface area contributed by atoms with Crippen LogP contribution >= 0.6 is 0 Å². The summed E-state index contributed by atoms with van der Waals surface area (Å²) < 4.78 is 0. The van der Waals surface area contributed by atoms with Gasteiger partial charge in [-0.3, -0.25) is 9.78 Å². The van der Waals surface area contributed by atoms with E-state index >= 15 is 0 Å². The number of hydrogen-bond donors (Lipinski definition) is 1. The molecule has 0 aliphatic rings. The standard InChI is InChI=1S/C14H16N4O/c1-2-18(10-11-5-7-16-8-6-11)14(19)12-3-4-13(15)17-9-12/h3-9H,2,10H2,1H3,(H2,15,17). The van der Waals surface area contributed by atoms with Crippen molar-refractivity contribution in [2.45, 2.75) is 13.5 Å². The molecule has 0 spiro atoms. The van der Waals surface area contributed by atoms with Crippen LogP contribution in [0.5, 0.6) is 0 Å². The molecule has 2 rings (SSSR count). The van der Waals surface area contributed by atoms with Crippen molar-refractivity contribution in [3.63, 3.8) is 0 Å². The average Bonchev–Trinajstić information content (AvgIpc) is 2.46. The van der Waals surface area contributed by atoms with Gasteiger partial charge in [-0.2, -0.15) is 0 Å². The molecule has 1 amide bonds. The maximum atomic E-state index is 12.3. The molecule has 0 radical (unpaired) electrons. The van der Waals surface area contributed by atoms with E-state index in [-0.39, 0.29) is 5.91 Å². The summed E-state index contributed by atoms with van der Waals surface area (Å²) in [7, 11) is 0. The number of nitrogens with two attached hydrogens (primary N) is 1. The van der Waals surface area contributed by atoms with Crippen molar-refractivity contribution >= 4 is 11.7 Å². The van der Waals surface area contributed by atoms with Gasteiger partial charge in [0, 0.05) is 31.7 Å². The van der Waals surface area contributed by atoms with Gasteiger partial charge in [0.15, 0.2) is 0 Å². The van der Waals surface area contributed by atoms with E-state index in [9.17, 15) is 4.79 Å². The lowest BCUT2D eigenvalue weighted by molar-refractivity contribution is 0.0752. The van der Waals surface area contributed by atoms with E-state index in [0.29, 0.717) is 24.5 Å². The van der Waals surface area contributed by atoms with E-state index < -0.39 is 0 Å². The van der Waals surface area contributed by atoms with Crippen molar-refractivity contribution in [3.05, 3.63) is 54.0 Å². The van der Waals surface area contributed by atoms with Gasteiger partial charge in [-0.05, 0) is 36.8 Å². The predicted octanol–water partition coefficient (Wildman–Crippen LogP) is 1.72. The molecule has 2 N–H and O–H groups in total. The molecule has 5 heteroatoms. The Balaban J connectivity index is 2.13. The second kappa shape index (κ2) is 5.95. The van der Waals surface area contributed by atoms with Crippen molar-refractivity contribution in [1.82, 2.24) is 14.9 Å². The second-order valence-electron chi connectivity index (χ2n) is 4.15. The van der Waals surface area contributed by atoms with Crippen LogP contribution in [0, 0.1) is 0 Å². The Bertz CT molecular complexity index is 539. The molecule has 2 aromatic heterocycles. The van der Waals surface area contributed by atoms with Crippen LogP contribution in [0.1, 0.15) is 22.8 Å². The molecule has 0 saturated carbocycles. The minimum Gasteiger partial charge on any atom is -0.384 e. The van der Waals surface area contributed by atoms with Crippen LogP contribution in [0.25, 0.3) is 0 Å². The molecular weight excluding hydrogens is 240 g/mol. The molecule has 0 bridgehead atoms. The Labute approximate surface area is 112 Å². The lowest BCUT2D eigenvalue weighted by Crippen LogP contribution is -2.30. The normalized spacial score (nSPS) is 10.2. The van der Waals surface area contributed by atoms with Gasteiger partial charge in [-0.25, -0.2) is 4.98 Å². The first kappa shape index (κ1) is 13.0. The third-order valence-corrected chi connectivity index (χ3v) is 2.83. The molecule has 0 fully saturated rings. The third-order valence-electron chi connectivity index (χ3n) is 2.83. The predicted molar refractivity (Wildman–Crippen MR) is 73.3 cm³/mol. The second-order valence-corrected chi connectivity index (χ2v) is 4.15. The third kappa shape index (κ3) is 3.28. The number of nitrogens with zero attached hydrogens (tertiary/aromatic N) is 3. The zero-order valence-corrected chi connectivity index (χ0v) is 10.8. The fourth-order valence-corrected chi connectivity index (χ4v) is 1.75. The zero-order valence-electron chi connectivity index (χ0n) is 10.8. The van der Waals surface area contributed by atoms with Crippen LogP contribution in [0.4, 0.5) is 5.82 Å². The maximum absolute atomic E-state index is 12.3. The molecule has 0 saturated heterocycles. The van der Waals surface area contributed by atoms with Crippen LogP contribution in [-0.2, 0) is 6.54 Å². The first-order chi connectivity index (χ1) is 9.20. The largest absolute Gasteiger partial charge is 0.384 e. The Hall–Kier alpha value is -2.43. The molecule has 98 valence electrons. The Morgan fingerprint density at radius 3 is 2.58 bits per heavy atom. The first-order valence-electron chi connectivity index (χ1n) is 6.10. The van der Waals surface area contributed by atoms with Gasteiger partial charge < -0.3 is 10.6 Å². The SMILES string of the molecule is CCN(Cc1ccncc1)C(=O)c1ccc(N)nc1. The van der Waals surface area contributed by atoms with Gasteiger partial charge in [-0.15, -0.1) is 0 Å². The van der Waals surface area contributed by atoms with E-state index in [1.807, 2.05) is 19.1 Å². The van der Waals surface area contributed by atoms with E-state index in [0.717, 1.165) is 5.56 Å². The van der Waals surface area contributed by atoms with E-state index in [2.05, 4.69) is 9.97 Å². The molecule has 0 aliphatic heterocycles. The highest BCUT2D eigenvalue weighted by Gasteiger charge is 2.14. The molecular formula is C14H16N4O. The molecule has 0 atom stereocenters. The van der Waals surface area contributed by atoms with E-state index in [1.165, 1.54) is 6.20 Å². The van der Waals surface area contributed by atoms with Crippen LogP contribution in [-0.4, -0.2) is 27.3 Å². The van der Waals surface area contributed by atoms with E-state index in [1.54, 1.807) is 29.4 Å². The van der Waals surface area contributed by atoms with Gasteiger partial charge >= 0.3 is 0 Å². The number of hydrogen-bond acceptors (Lipinski definition) is 4. The van der Waals surface area contributed by atoms with Crippen LogP contribution < -0.4 is 5.73 Å². The Morgan fingerprint density at radius 1 is 1.26 bits per heavy atom. The van der Waals surface area contributed by atoms with Gasteiger partial charge in [0.2, 0.25) is 0 Å². The number of pyridine rings is 2. The van der Waals surface area contributed by atoms with Gasteiger partial charge in [0.05, 0.1) is 5.56 Å². The summed E-state index contributed by atoms with van der Waals surface area (Å²) in [4.78, 5) is 22.0. The van der Waals surface area contributed by atoms with Gasteiger partial charge in [0.25, 0.3) is 5.91 Å². The Kier molecular flexibility index (Phi) is 4.07. The molecule has 0 aromatic carbocycles. The lowest BCUT2D eigenvalue weighted by Gasteiger charge is -2.20. The summed E-state index contributed by atoms with van der Waals surface area (Å²) in [6.07, 6.45) is 4.95. The number of carbonyl (C=O) groups is 1. The molecule has 5 nitrogen and oxygen atoms in total. The average molecular weight is 256 g/mol. The minimum absolute atomic E-state index is 0.0492. The van der Waals surface area contributed by atoms with Crippen molar-refractivity contribution < 1.29 is 4.79 Å². The maximum Gasteiger partial charge on any atom is 0.255 e. The molecule has 2 heterocycles. The fraction of sp³-hybridized carbons (Fsp3) is 0.214. The number of nitrogen functional groups attached to an aromatic ring is 1. The number of rotatable bonds is 4. The Morgan fingerprint density at radius 2 is 2.00 bits per heavy atom. The summed E-state index contributed by atoms with van der Waals surface area (Å²) in [6, 6.07) is 7.13. The lowest BCUT2D eigenvalue weighted by atomic mass is 10.2. The van der Waals surface area contributed by atoms with Crippen molar-refractivity contribution in [1.29, 1.82) is 0 Å². The summed E-state index contributed by atoms with van der Waals surface area (Å²) in [5.41, 5.74) is 7.11. The minimum atomic E-state index is -0.0492. The number of carbonyl (C=O) groups excluding carboxylic acids is 1. The first-order valence-corrected chi connectivity index (χ1v) is 6.10. The molecule has 0 aliphatic carbocycles. The summed E-state index contributed by atoms with van der Waals surface area (Å²) in [5, 5.41) is 0. The van der Waals surface area contributed by atoms with Gasteiger partial charge in [0.1, 0.15) is 5.82 Å². The zero-order chi connectivity index (χ0) is 13.7. The van der Waals surface area contributed by atoms with Crippen molar-refractivity contribution in [3.8, 4) is 0 Å². The van der Waals surface area contributed by atoms with Crippen molar-refractivity contribution in [2.24, 2.45) is 0 Å². The fourth-order valence-electron chi connectivity index (χ4n) is 1.75. The van der Waals surface area contributed by atoms with Crippen LogP contribution in [0.3, 0.4) is 0 Å². The van der Waals surface area contributed by atoms with Gasteiger partial charge in [-0.1, -0.05) is 0 Å². The van der Waals surface area contributed by atoms with E-state index in [4.69, 9.17) is 5.73 Å². The van der Waals surface area contributed by atoms with Crippen LogP contribution in [0.2, 0.25) is 0 Å². The highest BCUT2D eigenvalue weighted by molar-refractivity contribution is 5.94.